The first-order valence-corrected chi connectivity index (χ1v) is 6.85. The van der Waals surface area contributed by atoms with Gasteiger partial charge in [-0.05, 0) is 24.0 Å². The van der Waals surface area contributed by atoms with Crippen LogP contribution in [0.1, 0.15) is 30.9 Å². The van der Waals surface area contributed by atoms with Crippen LogP contribution in [0.2, 0.25) is 0 Å². The molecule has 1 aliphatic rings. The first-order valence-electron chi connectivity index (χ1n) is 6.85. The van der Waals surface area contributed by atoms with Gasteiger partial charge in [0.25, 0.3) is 0 Å². The van der Waals surface area contributed by atoms with E-state index in [0.717, 1.165) is 39.0 Å². The van der Waals surface area contributed by atoms with Gasteiger partial charge < -0.3 is 5.32 Å². The summed E-state index contributed by atoms with van der Waals surface area (Å²) in [5.74, 6) is 0.152. The first-order chi connectivity index (χ1) is 8.79. The molecule has 0 spiro atoms. The lowest BCUT2D eigenvalue weighted by atomic mass is 10.00. The van der Waals surface area contributed by atoms with Crippen molar-refractivity contribution >= 4 is 5.91 Å². The Labute approximate surface area is 109 Å². The molecule has 3 heteroatoms. The second kappa shape index (κ2) is 6.55. The quantitative estimate of drug-likeness (QED) is 0.806. The van der Waals surface area contributed by atoms with Crippen molar-refractivity contribution in [3.8, 4) is 0 Å². The zero-order valence-electron chi connectivity index (χ0n) is 11.1. The van der Waals surface area contributed by atoms with E-state index in [2.05, 4.69) is 34.5 Å². The number of hydrogen-bond acceptors (Lipinski definition) is 2. The molecule has 0 bridgehead atoms. The van der Waals surface area contributed by atoms with Crippen LogP contribution in [-0.2, 0) is 17.8 Å². The van der Waals surface area contributed by atoms with Crippen molar-refractivity contribution in [3.63, 3.8) is 0 Å². The summed E-state index contributed by atoms with van der Waals surface area (Å²) >= 11 is 0. The van der Waals surface area contributed by atoms with E-state index in [4.69, 9.17) is 0 Å². The Hall–Kier alpha value is -1.35. The van der Waals surface area contributed by atoms with Crippen molar-refractivity contribution in [2.24, 2.45) is 0 Å². The largest absolute Gasteiger partial charge is 0.356 e. The molecule has 1 aromatic carbocycles. The van der Waals surface area contributed by atoms with Crippen molar-refractivity contribution in [1.82, 2.24) is 10.2 Å². The summed E-state index contributed by atoms with van der Waals surface area (Å²) in [5.41, 5.74) is 2.95. The van der Waals surface area contributed by atoms with E-state index in [1.807, 2.05) is 6.92 Å². The summed E-state index contributed by atoms with van der Waals surface area (Å²) in [7, 11) is 0. The van der Waals surface area contributed by atoms with Crippen molar-refractivity contribution in [2.45, 2.75) is 32.7 Å². The van der Waals surface area contributed by atoms with Gasteiger partial charge in [-0.2, -0.15) is 0 Å². The normalized spacial score (nSPS) is 15.2. The molecule has 1 amide bonds. The number of nitrogens with zero attached hydrogens (tertiary/aromatic N) is 1. The number of rotatable bonds is 5. The topological polar surface area (TPSA) is 32.3 Å². The maximum absolute atomic E-state index is 11.1. The van der Waals surface area contributed by atoms with Gasteiger partial charge in [-0.3, -0.25) is 9.69 Å². The molecule has 0 aromatic heterocycles. The molecule has 0 saturated heterocycles. The number of fused-ring (bicyclic) bond motifs is 1. The van der Waals surface area contributed by atoms with Crippen molar-refractivity contribution in [1.29, 1.82) is 0 Å². The van der Waals surface area contributed by atoms with E-state index in [-0.39, 0.29) is 5.91 Å². The first kappa shape index (κ1) is 13.1. The molecule has 0 saturated carbocycles. The maximum Gasteiger partial charge on any atom is 0.219 e. The highest BCUT2D eigenvalue weighted by molar-refractivity contribution is 5.75. The van der Waals surface area contributed by atoms with Crippen molar-refractivity contribution in [2.75, 3.05) is 19.6 Å². The molecule has 18 heavy (non-hydrogen) atoms. The van der Waals surface area contributed by atoms with Crippen molar-refractivity contribution in [3.05, 3.63) is 35.4 Å². The second-order valence-electron chi connectivity index (χ2n) is 4.85. The van der Waals surface area contributed by atoms with Crippen LogP contribution in [0.5, 0.6) is 0 Å². The Kier molecular flexibility index (Phi) is 4.76. The van der Waals surface area contributed by atoms with Gasteiger partial charge in [-0.15, -0.1) is 0 Å². The third-order valence-corrected chi connectivity index (χ3v) is 3.50. The molecule has 0 fully saturated rings. The van der Waals surface area contributed by atoms with Gasteiger partial charge in [0.05, 0.1) is 0 Å². The molecule has 0 unspecified atom stereocenters. The van der Waals surface area contributed by atoms with E-state index >= 15 is 0 Å². The summed E-state index contributed by atoms with van der Waals surface area (Å²) in [6, 6.07) is 8.69. The summed E-state index contributed by atoms with van der Waals surface area (Å²) in [6.45, 7) is 5.94. The number of carbonyl (C=O) groups excluding carboxylic acids is 1. The molecule has 0 aliphatic carbocycles. The van der Waals surface area contributed by atoms with Crippen LogP contribution in [0.15, 0.2) is 24.3 Å². The number of carbonyl (C=O) groups is 1. The Bertz CT molecular complexity index is 403. The Morgan fingerprint density at radius 2 is 2.11 bits per heavy atom. The van der Waals surface area contributed by atoms with Crippen LogP contribution >= 0.6 is 0 Å². The number of hydrogen-bond donors (Lipinski definition) is 1. The predicted molar refractivity (Wildman–Crippen MR) is 73.3 cm³/mol. The Morgan fingerprint density at radius 1 is 1.33 bits per heavy atom. The molecular weight excluding hydrogens is 224 g/mol. The van der Waals surface area contributed by atoms with Gasteiger partial charge in [0.15, 0.2) is 0 Å². The van der Waals surface area contributed by atoms with E-state index in [0.29, 0.717) is 6.42 Å². The van der Waals surface area contributed by atoms with Gasteiger partial charge in [0.2, 0.25) is 5.91 Å². The van der Waals surface area contributed by atoms with Gasteiger partial charge >= 0.3 is 0 Å². The number of benzene rings is 1. The SMILES string of the molecule is CCC(=O)NCCCN1CCc2ccccc2C1. The predicted octanol–water partition coefficient (Wildman–Crippen LogP) is 1.96. The molecule has 1 aliphatic heterocycles. The summed E-state index contributed by atoms with van der Waals surface area (Å²) < 4.78 is 0. The van der Waals surface area contributed by atoms with Crippen LogP contribution < -0.4 is 5.32 Å². The minimum atomic E-state index is 0.152. The minimum Gasteiger partial charge on any atom is -0.356 e. The van der Waals surface area contributed by atoms with Crippen LogP contribution in [0.4, 0.5) is 0 Å². The highest BCUT2D eigenvalue weighted by Crippen LogP contribution is 2.18. The van der Waals surface area contributed by atoms with Crippen LogP contribution in [0.25, 0.3) is 0 Å². The molecule has 0 atom stereocenters. The van der Waals surface area contributed by atoms with Gasteiger partial charge in [-0.1, -0.05) is 31.2 Å². The molecule has 0 radical (unpaired) electrons. The molecule has 1 aromatic rings. The van der Waals surface area contributed by atoms with Crippen molar-refractivity contribution < 1.29 is 4.79 Å². The summed E-state index contributed by atoms with van der Waals surface area (Å²) in [5, 5.41) is 2.93. The van der Waals surface area contributed by atoms with E-state index in [1.54, 1.807) is 0 Å². The molecule has 1 N–H and O–H groups in total. The maximum atomic E-state index is 11.1. The fourth-order valence-corrected chi connectivity index (χ4v) is 2.40. The summed E-state index contributed by atoms with van der Waals surface area (Å²) in [6.07, 6.45) is 2.77. The Balaban J connectivity index is 1.72. The van der Waals surface area contributed by atoms with Gasteiger partial charge in [-0.25, -0.2) is 0 Å². The van der Waals surface area contributed by atoms with E-state index < -0.39 is 0 Å². The molecular formula is C15H22N2O. The molecule has 3 nitrogen and oxygen atoms in total. The highest BCUT2D eigenvalue weighted by atomic mass is 16.1. The number of nitrogens with one attached hydrogen (secondary N) is 1. The van der Waals surface area contributed by atoms with Gasteiger partial charge in [0, 0.05) is 32.6 Å². The number of amides is 1. The highest BCUT2D eigenvalue weighted by Gasteiger charge is 2.14. The lowest BCUT2D eigenvalue weighted by Crippen LogP contribution is -2.33. The van der Waals surface area contributed by atoms with E-state index in [9.17, 15) is 4.79 Å². The average Bonchev–Trinajstić information content (AvgIpc) is 2.43. The Morgan fingerprint density at radius 3 is 2.89 bits per heavy atom. The average molecular weight is 246 g/mol. The molecule has 2 rings (SSSR count). The molecule has 1 heterocycles. The van der Waals surface area contributed by atoms with Crippen LogP contribution in [0, 0.1) is 0 Å². The van der Waals surface area contributed by atoms with Crippen LogP contribution in [0.3, 0.4) is 0 Å². The molecule has 98 valence electrons. The minimum absolute atomic E-state index is 0.152. The smallest absolute Gasteiger partial charge is 0.219 e. The van der Waals surface area contributed by atoms with Crippen LogP contribution in [-0.4, -0.2) is 30.4 Å². The van der Waals surface area contributed by atoms with E-state index in [1.165, 1.54) is 11.1 Å². The monoisotopic (exact) mass is 246 g/mol. The summed E-state index contributed by atoms with van der Waals surface area (Å²) in [4.78, 5) is 13.6. The fourth-order valence-electron chi connectivity index (χ4n) is 2.40. The third kappa shape index (κ3) is 3.57. The standard InChI is InChI=1S/C15H22N2O/c1-2-15(18)16-9-5-10-17-11-8-13-6-3-4-7-14(13)12-17/h3-4,6-7H,2,5,8-12H2,1H3,(H,16,18). The second-order valence-corrected chi connectivity index (χ2v) is 4.85. The zero-order chi connectivity index (χ0) is 12.8. The lowest BCUT2D eigenvalue weighted by molar-refractivity contribution is -0.120. The fraction of sp³-hybridized carbons (Fsp3) is 0.533. The zero-order valence-corrected chi connectivity index (χ0v) is 11.1. The van der Waals surface area contributed by atoms with Gasteiger partial charge in [0.1, 0.15) is 0 Å². The lowest BCUT2D eigenvalue weighted by Gasteiger charge is -2.28. The third-order valence-electron chi connectivity index (χ3n) is 3.50.